The van der Waals surface area contributed by atoms with Gasteiger partial charge in [0.05, 0.1) is 12.7 Å². The van der Waals surface area contributed by atoms with Crippen LogP contribution in [0.1, 0.15) is 52.0 Å². The van der Waals surface area contributed by atoms with Crippen LogP contribution in [0.2, 0.25) is 0 Å². The van der Waals surface area contributed by atoms with Crippen LogP contribution in [0.15, 0.2) is 30.3 Å². The van der Waals surface area contributed by atoms with Crippen LogP contribution in [0.5, 0.6) is 0 Å². The van der Waals surface area contributed by atoms with Crippen LogP contribution >= 0.6 is 0 Å². The lowest BCUT2D eigenvalue weighted by atomic mass is 9.89. The molecule has 1 aliphatic heterocycles. The number of rotatable bonds is 3. The highest BCUT2D eigenvalue weighted by Gasteiger charge is 2.30. The smallest absolute Gasteiger partial charge is 0.0978 e. The minimum absolute atomic E-state index is 0.156. The van der Waals surface area contributed by atoms with E-state index in [1.54, 1.807) is 0 Å². The molecule has 0 aliphatic carbocycles. The molecule has 1 aliphatic rings. The van der Waals surface area contributed by atoms with Crippen LogP contribution in [-0.4, -0.2) is 24.1 Å². The van der Waals surface area contributed by atoms with E-state index >= 15 is 0 Å². The van der Waals surface area contributed by atoms with Crippen LogP contribution in [-0.2, 0) is 11.3 Å². The molecule has 1 saturated heterocycles. The fraction of sp³-hybridized carbons (Fsp3) is 0.478. The molecule has 3 rings (SSSR count). The van der Waals surface area contributed by atoms with E-state index in [-0.39, 0.29) is 6.10 Å². The monoisotopic (exact) mass is 337 g/mol. The van der Waals surface area contributed by atoms with Gasteiger partial charge in [-0.1, -0.05) is 30.3 Å². The van der Waals surface area contributed by atoms with Crippen LogP contribution in [0.4, 0.5) is 0 Å². The molecule has 25 heavy (non-hydrogen) atoms. The summed E-state index contributed by atoms with van der Waals surface area (Å²) in [6.45, 7) is 16.4. The van der Waals surface area contributed by atoms with Gasteiger partial charge in [0.25, 0.3) is 0 Å². The summed E-state index contributed by atoms with van der Waals surface area (Å²) in [6, 6.07) is 11.0. The van der Waals surface area contributed by atoms with Crippen molar-refractivity contribution >= 4 is 0 Å². The zero-order valence-corrected chi connectivity index (χ0v) is 16.5. The van der Waals surface area contributed by atoms with Crippen molar-refractivity contribution in [2.75, 3.05) is 13.2 Å². The molecule has 2 aromatic rings. The standard InChI is InChI=1S/C23H31NO/c1-15-16(2)18(4)22(19(5)17(15)3)14-24-12-13-25-23(20(24)6)21-10-8-7-9-11-21/h7-11,20,23H,12-14H2,1-6H3. The molecule has 0 N–H and O–H groups in total. The quantitative estimate of drug-likeness (QED) is 0.764. The fourth-order valence-electron chi connectivity index (χ4n) is 4.09. The SMILES string of the molecule is Cc1c(C)c(C)c(CN2CCOC(c3ccccc3)C2C)c(C)c1C. The van der Waals surface area contributed by atoms with Crippen molar-refractivity contribution < 1.29 is 4.74 Å². The second kappa shape index (κ2) is 7.31. The first-order valence-corrected chi connectivity index (χ1v) is 9.38. The Labute approximate surface area is 152 Å². The summed E-state index contributed by atoms with van der Waals surface area (Å²) in [5, 5.41) is 0. The summed E-state index contributed by atoms with van der Waals surface area (Å²) < 4.78 is 6.13. The van der Waals surface area contributed by atoms with Gasteiger partial charge in [-0.2, -0.15) is 0 Å². The van der Waals surface area contributed by atoms with Crippen molar-refractivity contribution in [3.8, 4) is 0 Å². The lowest BCUT2D eigenvalue weighted by Crippen LogP contribution is -2.45. The average Bonchev–Trinajstić information content (AvgIpc) is 2.64. The summed E-state index contributed by atoms with van der Waals surface area (Å²) in [6.07, 6.45) is 0.156. The highest BCUT2D eigenvalue weighted by Crippen LogP contribution is 2.32. The van der Waals surface area contributed by atoms with E-state index in [1.807, 2.05) is 0 Å². The van der Waals surface area contributed by atoms with Crippen molar-refractivity contribution in [3.63, 3.8) is 0 Å². The summed E-state index contributed by atoms with van der Waals surface area (Å²) in [7, 11) is 0. The summed E-state index contributed by atoms with van der Waals surface area (Å²) in [5.74, 6) is 0. The molecule has 2 heteroatoms. The molecular formula is C23H31NO. The van der Waals surface area contributed by atoms with E-state index in [2.05, 4.69) is 76.8 Å². The Morgan fingerprint density at radius 3 is 2.04 bits per heavy atom. The summed E-state index contributed by atoms with van der Waals surface area (Å²) in [4.78, 5) is 2.59. The number of hydrogen-bond acceptors (Lipinski definition) is 2. The van der Waals surface area contributed by atoms with Crippen molar-refractivity contribution in [2.24, 2.45) is 0 Å². The molecule has 0 aromatic heterocycles. The Balaban J connectivity index is 1.88. The Morgan fingerprint density at radius 1 is 0.880 bits per heavy atom. The molecule has 0 saturated carbocycles. The number of benzene rings is 2. The molecule has 0 amide bonds. The third kappa shape index (κ3) is 3.38. The molecule has 2 atom stereocenters. The molecule has 0 spiro atoms. The van der Waals surface area contributed by atoms with Gasteiger partial charge in [-0.15, -0.1) is 0 Å². The first-order chi connectivity index (χ1) is 11.9. The van der Waals surface area contributed by atoms with E-state index in [4.69, 9.17) is 4.74 Å². The molecule has 0 bridgehead atoms. The van der Waals surface area contributed by atoms with Crippen LogP contribution in [0.3, 0.4) is 0 Å². The highest BCUT2D eigenvalue weighted by atomic mass is 16.5. The Hall–Kier alpha value is -1.64. The van der Waals surface area contributed by atoms with Gasteiger partial charge in [0, 0.05) is 19.1 Å². The van der Waals surface area contributed by atoms with E-state index < -0.39 is 0 Å². The van der Waals surface area contributed by atoms with Gasteiger partial charge < -0.3 is 4.74 Å². The van der Waals surface area contributed by atoms with Crippen molar-refractivity contribution in [3.05, 3.63) is 69.3 Å². The third-order valence-corrected chi connectivity index (χ3v) is 6.33. The molecule has 2 nitrogen and oxygen atoms in total. The summed E-state index contributed by atoms with van der Waals surface area (Å²) >= 11 is 0. The zero-order chi connectivity index (χ0) is 18.1. The number of ether oxygens (including phenoxy) is 1. The molecule has 0 radical (unpaired) electrons. The Morgan fingerprint density at radius 2 is 1.44 bits per heavy atom. The van der Waals surface area contributed by atoms with E-state index in [9.17, 15) is 0 Å². The highest BCUT2D eigenvalue weighted by molar-refractivity contribution is 5.49. The molecule has 2 aromatic carbocycles. The van der Waals surface area contributed by atoms with E-state index in [0.29, 0.717) is 6.04 Å². The van der Waals surface area contributed by atoms with Gasteiger partial charge in [-0.25, -0.2) is 0 Å². The van der Waals surface area contributed by atoms with Crippen LogP contribution in [0, 0.1) is 34.6 Å². The lowest BCUT2D eigenvalue weighted by molar-refractivity contribution is -0.0703. The van der Waals surface area contributed by atoms with E-state index in [0.717, 1.165) is 19.7 Å². The van der Waals surface area contributed by atoms with E-state index in [1.165, 1.54) is 38.9 Å². The number of nitrogens with zero attached hydrogens (tertiary/aromatic N) is 1. The third-order valence-electron chi connectivity index (χ3n) is 6.33. The first kappa shape index (κ1) is 18.2. The van der Waals surface area contributed by atoms with Crippen LogP contribution in [0.25, 0.3) is 0 Å². The first-order valence-electron chi connectivity index (χ1n) is 9.38. The fourth-order valence-corrected chi connectivity index (χ4v) is 4.09. The van der Waals surface area contributed by atoms with Crippen LogP contribution < -0.4 is 0 Å². The van der Waals surface area contributed by atoms with Gasteiger partial charge in [0.2, 0.25) is 0 Å². The number of hydrogen-bond donors (Lipinski definition) is 0. The lowest BCUT2D eigenvalue weighted by Gasteiger charge is -2.40. The topological polar surface area (TPSA) is 12.5 Å². The van der Waals surface area contributed by atoms with Gasteiger partial charge in [0.15, 0.2) is 0 Å². The second-order valence-corrected chi connectivity index (χ2v) is 7.52. The molecule has 1 heterocycles. The van der Waals surface area contributed by atoms with Gasteiger partial charge in [-0.3, -0.25) is 4.90 Å². The van der Waals surface area contributed by atoms with Gasteiger partial charge in [0.1, 0.15) is 0 Å². The van der Waals surface area contributed by atoms with Gasteiger partial charge in [-0.05, 0) is 80.5 Å². The molecule has 2 unspecified atom stereocenters. The normalized spacial score (nSPS) is 21.5. The Kier molecular flexibility index (Phi) is 5.31. The minimum atomic E-state index is 0.156. The average molecular weight is 338 g/mol. The molecular weight excluding hydrogens is 306 g/mol. The van der Waals surface area contributed by atoms with Crippen molar-refractivity contribution in [2.45, 2.75) is 60.2 Å². The Bertz CT molecular complexity index is 721. The maximum atomic E-state index is 6.13. The maximum Gasteiger partial charge on any atom is 0.0978 e. The minimum Gasteiger partial charge on any atom is -0.371 e. The summed E-state index contributed by atoms with van der Waals surface area (Å²) in [5.41, 5.74) is 10.0. The predicted molar refractivity (Wildman–Crippen MR) is 105 cm³/mol. The predicted octanol–water partition coefficient (Wildman–Crippen LogP) is 5.19. The molecule has 134 valence electrons. The molecule has 1 fully saturated rings. The van der Waals surface area contributed by atoms with Gasteiger partial charge >= 0.3 is 0 Å². The largest absolute Gasteiger partial charge is 0.371 e. The van der Waals surface area contributed by atoms with Crippen molar-refractivity contribution in [1.82, 2.24) is 4.90 Å². The van der Waals surface area contributed by atoms with Crippen molar-refractivity contribution in [1.29, 1.82) is 0 Å². The zero-order valence-electron chi connectivity index (χ0n) is 16.5. The second-order valence-electron chi connectivity index (χ2n) is 7.52. The number of morpholine rings is 1. The maximum absolute atomic E-state index is 6.13.